The van der Waals surface area contributed by atoms with Crippen LogP contribution in [0.1, 0.15) is 22.8 Å². The summed E-state index contributed by atoms with van der Waals surface area (Å²) in [5.74, 6) is 1.06. The Morgan fingerprint density at radius 2 is 1.81 bits per heavy atom. The fourth-order valence-corrected chi connectivity index (χ4v) is 3.04. The van der Waals surface area contributed by atoms with Crippen LogP contribution in [0, 0.1) is 0 Å². The molecule has 0 aliphatic carbocycles. The zero-order valence-corrected chi connectivity index (χ0v) is 14.9. The van der Waals surface area contributed by atoms with Gasteiger partial charge in [-0.25, -0.2) is 4.98 Å². The van der Waals surface area contributed by atoms with Gasteiger partial charge in [0.05, 0.1) is 30.8 Å². The number of halogens is 3. The van der Waals surface area contributed by atoms with Gasteiger partial charge in [-0.15, -0.1) is 0 Å². The Morgan fingerprint density at radius 3 is 2.41 bits per heavy atom. The monoisotopic (exact) mass is 380 g/mol. The Bertz CT molecular complexity index is 786. The van der Waals surface area contributed by atoms with Crippen molar-refractivity contribution in [3.8, 4) is 5.75 Å². The zero-order chi connectivity index (χ0) is 19.4. The number of pyridine rings is 1. The predicted molar refractivity (Wildman–Crippen MR) is 93.7 cm³/mol. The molecule has 8 heteroatoms. The van der Waals surface area contributed by atoms with Crippen molar-refractivity contribution in [2.24, 2.45) is 0 Å². The molecule has 1 saturated heterocycles. The van der Waals surface area contributed by atoms with Gasteiger partial charge in [-0.05, 0) is 25.1 Å². The highest BCUT2D eigenvalue weighted by Crippen LogP contribution is 2.28. The molecule has 2 aromatic rings. The fourth-order valence-electron chi connectivity index (χ4n) is 3.04. The number of carbonyl (C=O) groups excluding carboxylic acids is 1. The minimum absolute atomic E-state index is 0.102. The number of para-hydroxylation sites is 1. The molecule has 0 bridgehead atoms. The van der Waals surface area contributed by atoms with Crippen molar-refractivity contribution in [3.05, 3.63) is 53.7 Å². The van der Waals surface area contributed by atoms with Crippen LogP contribution in [-0.2, 0) is 6.18 Å². The number of nitrogens with zero attached hydrogens (tertiary/aromatic N) is 2. The summed E-state index contributed by atoms with van der Waals surface area (Å²) in [5.41, 5.74) is -0.193. The van der Waals surface area contributed by atoms with Gasteiger partial charge in [0.15, 0.2) is 0 Å². The molecule has 0 radical (unpaired) electrons. The highest BCUT2D eigenvalue weighted by atomic mass is 19.4. The first-order valence-corrected chi connectivity index (χ1v) is 8.75. The molecule has 144 valence electrons. The topological polar surface area (TPSA) is 46.9 Å². The molecule has 27 heavy (non-hydrogen) atoms. The Balaban J connectivity index is 1.64. The SMILES string of the molecule is CCOc1ccccc1C(=O)N1CCN(c2ccc(C(F)(F)F)c[nH+]2)CC1. The number of piperazine rings is 1. The van der Waals surface area contributed by atoms with Crippen LogP contribution in [-0.4, -0.2) is 43.6 Å². The van der Waals surface area contributed by atoms with E-state index < -0.39 is 11.7 Å². The lowest BCUT2D eigenvalue weighted by molar-refractivity contribution is -0.367. The average Bonchev–Trinajstić information content (AvgIpc) is 2.68. The van der Waals surface area contributed by atoms with Gasteiger partial charge in [0.2, 0.25) is 0 Å². The van der Waals surface area contributed by atoms with Crippen molar-refractivity contribution >= 4 is 11.7 Å². The molecule has 0 spiro atoms. The molecule has 0 saturated carbocycles. The molecule has 1 fully saturated rings. The van der Waals surface area contributed by atoms with Crippen molar-refractivity contribution in [1.29, 1.82) is 0 Å². The molecule has 0 unspecified atom stereocenters. The maximum atomic E-state index is 12.8. The molecule has 3 rings (SSSR count). The standard InChI is InChI=1S/C19H20F3N3O2/c1-2-27-16-6-4-3-5-15(16)18(26)25-11-9-24(10-12-25)17-8-7-14(13-23-17)19(20,21)22/h3-8,13H,2,9-12H2,1H3/p+1. The predicted octanol–water partition coefficient (Wildman–Crippen LogP) is 2.88. The zero-order valence-electron chi connectivity index (χ0n) is 14.9. The summed E-state index contributed by atoms with van der Waals surface area (Å²) in [4.78, 5) is 19.1. The lowest BCUT2D eigenvalue weighted by atomic mass is 10.1. The van der Waals surface area contributed by atoms with E-state index in [-0.39, 0.29) is 5.91 Å². The third-order valence-corrected chi connectivity index (χ3v) is 4.45. The average molecular weight is 380 g/mol. The van der Waals surface area contributed by atoms with Gasteiger partial charge < -0.3 is 9.64 Å². The number of alkyl halides is 3. The molecule has 0 atom stereocenters. The number of rotatable bonds is 4. The summed E-state index contributed by atoms with van der Waals surface area (Å²) in [7, 11) is 0. The van der Waals surface area contributed by atoms with Crippen LogP contribution in [0.25, 0.3) is 0 Å². The number of benzene rings is 1. The normalized spacial score (nSPS) is 15.0. The molecule has 2 heterocycles. The van der Waals surface area contributed by atoms with E-state index in [1.165, 1.54) is 6.07 Å². The van der Waals surface area contributed by atoms with Gasteiger partial charge in [0, 0.05) is 6.07 Å². The van der Waals surface area contributed by atoms with Crippen LogP contribution >= 0.6 is 0 Å². The van der Waals surface area contributed by atoms with E-state index in [9.17, 15) is 18.0 Å². The Kier molecular flexibility index (Phi) is 5.53. The number of aromatic amines is 1. The van der Waals surface area contributed by atoms with Gasteiger partial charge in [-0.2, -0.15) is 13.2 Å². The smallest absolute Gasteiger partial charge is 0.419 e. The van der Waals surface area contributed by atoms with E-state index >= 15 is 0 Å². The number of H-pyrrole nitrogens is 1. The van der Waals surface area contributed by atoms with Crippen LogP contribution in [0.5, 0.6) is 5.75 Å². The van der Waals surface area contributed by atoms with Crippen molar-refractivity contribution < 1.29 is 27.7 Å². The lowest BCUT2D eigenvalue weighted by Crippen LogP contribution is -2.50. The third kappa shape index (κ3) is 4.32. The van der Waals surface area contributed by atoms with E-state index in [1.54, 1.807) is 23.1 Å². The minimum Gasteiger partial charge on any atom is -0.493 e. The maximum absolute atomic E-state index is 12.8. The molecular formula is C19H21F3N3O2+. The van der Waals surface area contributed by atoms with Gasteiger partial charge >= 0.3 is 6.18 Å². The minimum atomic E-state index is -4.37. The summed E-state index contributed by atoms with van der Waals surface area (Å²) in [6, 6.07) is 9.60. The molecule has 1 aromatic heterocycles. The number of carbonyl (C=O) groups is 1. The number of nitrogens with one attached hydrogen (secondary N) is 1. The third-order valence-electron chi connectivity index (χ3n) is 4.45. The van der Waals surface area contributed by atoms with Gasteiger partial charge in [0.25, 0.3) is 11.7 Å². The van der Waals surface area contributed by atoms with Crippen molar-refractivity contribution in [1.82, 2.24) is 4.90 Å². The largest absolute Gasteiger partial charge is 0.493 e. The summed E-state index contributed by atoms with van der Waals surface area (Å²) in [6.45, 7) is 4.36. The molecule has 1 N–H and O–H groups in total. The molecule has 1 aliphatic rings. The summed E-state index contributed by atoms with van der Waals surface area (Å²) in [5, 5.41) is 0. The second-order valence-corrected chi connectivity index (χ2v) is 6.17. The van der Waals surface area contributed by atoms with Crippen molar-refractivity contribution in [3.63, 3.8) is 0 Å². The van der Waals surface area contributed by atoms with Crippen LogP contribution < -0.4 is 14.6 Å². The molecule has 5 nitrogen and oxygen atoms in total. The number of hydrogen-bond donors (Lipinski definition) is 0. The highest BCUT2D eigenvalue weighted by molar-refractivity contribution is 5.97. The van der Waals surface area contributed by atoms with E-state index in [2.05, 4.69) is 4.98 Å². The number of anilines is 1. The number of amides is 1. The second-order valence-electron chi connectivity index (χ2n) is 6.17. The quantitative estimate of drug-likeness (QED) is 0.820. The molecule has 1 aliphatic heterocycles. The highest BCUT2D eigenvalue weighted by Gasteiger charge is 2.33. The van der Waals surface area contributed by atoms with Gasteiger partial charge in [-0.3, -0.25) is 9.69 Å². The number of hydrogen-bond acceptors (Lipinski definition) is 3. The molecular weight excluding hydrogens is 359 g/mol. The van der Waals surface area contributed by atoms with Gasteiger partial charge in [-0.1, -0.05) is 12.1 Å². The van der Waals surface area contributed by atoms with Crippen molar-refractivity contribution in [2.75, 3.05) is 37.7 Å². The first-order chi connectivity index (χ1) is 12.9. The van der Waals surface area contributed by atoms with Crippen molar-refractivity contribution in [2.45, 2.75) is 13.1 Å². The first kappa shape index (κ1) is 19.0. The maximum Gasteiger partial charge on any atom is 0.419 e. The molecule has 1 aromatic carbocycles. The van der Waals surface area contributed by atoms with E-state index in [4.69, 9.17) is 4.74 Å². The molecule has 1 amide bonds. The Labute approximate surface area is 155 Å². The van der Waals surface area contributed by atoms with Crippen LogP contribution in [0.15, 0.2) is 42.6 Å². The van der Waals surface area contributed by atoms with E-state index in [0.717, 1.165) is 12.3 Å². The van der Waals surface area contributed by atoms with Crippen LogP contribution in [0.2, 0.25) is 0 Å². The summed E-state index contributed by atoms with van der Waals surface area (Å²) < 4.78 is 43.5. The summed E-state index contributed by atoms with van der Waals surface area (Å²) >= 11 is 0. The second kappa shape index (κ2) is 7.85. The van der Waals surface area contributed by atoms with Gasteiger partial charge in [0.1, 0.15) is 25.0 Å². The van der Waals surface area contributed by atoms with Crippen LogP contribution in [0.4, 0.5) is 19.0 Å². The number of ether oxygens (including phenoxy) is 1. The fraction of sp³-hybridized carbons (Fsp3) is 0.368. The Hall–Kier alpha value is -2.77. The summed E-state index contributed by atoms with van der Waals surface area (Å²) in [6.07, 6.45) is -3.40. The van der Waals surface area contributed by atoms with E-state index in [1.807, 2.05) is 17.9 Å². The Morgan fingerprint density at radius 1 is 1.11 bits per heavy atom. The number of aromatic nitrogens is 1. The van der Waals surface area contributed by atoms with E-state index in [0.29, 0.717) is 49.9 Å². The first-order valence-electron chi connectivity index (χ1n) is 8.75. The lowest BCUT2D eigenvalue weighted by Gasteiger charge is -2.31. The van der Waals surface area contributed by atoms with Crippen LogP contribution in [0.3, 0.4) is 0 Å².